The molecular formula is C12H7ClF3N3O2. The lowest BCUT2D eigenvalue weighted by molar-refractivity contribution is -0.137. The zero-order valence-electron chi connectivity index (χ0n) is 10.2. The second-order valence-electron chi connectivity index (χ2n) is 3.91. The van der Waals surface area contributed by atoms with E-state index in [1.807, 2.05) is 4.98 Å². The first-order valence-electron chi connectivity index (χ1n) is 5.50. The second-order valence-corrected chi connectivity index (χ2v) is 4.29. The first-order valence-corrected chi connectivity index (χ1v) is 5.88. The van der Waals surface area contributed by atoms with Crippen molar-refractivity contribution in [3.63, 3.8) is 0 Å². The van der Waals surface area contributed by atoms with Crippen LogP contribution in [0, 0.1) is 0 Å². The van der Waals surface area contributed by atoms with Crippen LogP contribution in [0.5, 0.6) is 0 Å². The van der Waals surface area contributed by atoms with Crippen molar-refractivity contribution in [2.24, 2.45) is 0 Å². The van der Waals surface area contributed by atoms with Crippen molar-refractivity contribution in [1.82, 2.24) is 9.97 Å². The van der Waals surface area contributed by atoms with E-state index in [9.17, 15) is 22.8 Å². The first kappa shape index (κ1) is 15.0. The third-order valence-electron chi connectivity index (χ3n) is 2.52. The number of alkyl halides is 3. The quantitative estimate of drug-likeness (QED) is 0.894. The third-order valence-corrected chi connectivity index (χ3v) is 2.91. The number of halogens is 4. The van der Waals surface area contributed by atoms with Gasteiger partial charge in [-0.05, 0) is 12.1 Å². The Kier molecular flexibility index (Phi) is 3.99. The van der Waals surface area contributed by atoms with Crippen molar-refractivity contribution in [2.75, 3.05) is 5.32 Å². The predicted octanol–water partition coefficient (Wildman–Crippen LogP) is 2.69. The van der Waals surface area contributed by atoms with Gasteiger partial charge in [0.1, 0.15) is 5.69 Å². The van der Waals surface area contributed by atoms with Crippen molar-refractivity contribution in [1.29, 1.82) is 0 Å². The van der Waals surface area contributed by atoms with Gasteiger partial charge in [-0.2, -0.15) is 13.2 Å². The van der Waals surface area contributed by atoms with Crippen LogP contribution < -0.4 is 10.9 Å². The number of aromatic nitrogens is 2. The molecule has 0 fully saturated rings. The molecule has 1 amide bonds. The standard InChI is InChI=1S/C12H7ClF3N3O2/c13-8-7(12(14,15)16)5-18-11(21)9(8)19-10(20)6-1-3-17-4-2-6/h1-5H,(H,18,21)(H,19,20). The van der Waals surface area contributed by atoms with Gasteiger partial charge in [0.25, 0.3) is 11.5 Å². The fraction of sp³-hybridized carbons (Fsp3) is 0.0833. The molecule has 0 aliphatic carbocycles. The van der Waals surface area contributed by atoms with Gasteiger partial charge in [0.15, 0.2) is 0 Å². The summed E-state index contributed by atoms with van der Waals surface area (Å²) in [6.45, 7) is 0. The average Bonchev–Trinajstić information content (AvgIpc) is 2.42. The maximum Gasteiger partial charge on any atom is 0.419 e. The number of carbonyl (C=O) groups is 1. The molecule has 21 heavy (non-hydrogen) atoms. The average molecular weight is 318 g/mol. The van der Waals surface area contributed by atoms with E-state index in [0.29, 0.717) is 6.20 Å². The van der Waals surface area contributed by atoms with Crippen LogP contribution in [0.15, 0.2) is 35.5 Å². The maximum atomic E-state index is 12.7. The molecule has 2 aromatic heterocycles. The summed E-state index contributed by atoms with van der Waals surface area (Å²) in [6, 6.07) is 2.68. The van der Waals surface area contributed by atoms with E-state index in [4.69, 9.17) is 11.6 Å². The summed E-state index contributed by atoms with van der Waals surface area (Å²) >= 11 is 5.56. The molecule has 0 saturated carbocycles. The Morgan fingerprint density at radius 2 is 1.90 bits per heavy atom. The fourth-order valence-electron chi connectivity index (χ4n) is 1.51. The summed E-state index contributed by atoms with van der Waals surface area (Å²) in [6.07, 6.45) is -1.65. The zero-order chi connectivity index (χ0) is 15.6. The fourth-order valence-corrected chi connectivity index (χ4v) is 1.81. The van der Waals surface area contributed by atoms with E-state index in [-0.39, 0.29) is 5.56 Å². The molecular weight excluding hydrogens is 311 g/mol. The number of amides is 1. The minimum absolute atomic E-state index is 0.123. The van der Waals surface area contributed by atoms with Crippen molar-refractivity contribution in [3.8, 4) is 0 Å². The van der Waals surface area contributed by atoms with Crippen LogP contribution in [0.1, 0.15) is 15.9 Å². The molecule has 9 heteroatoms. The van der Waals surface area contributed by atoms with E-state index in [0.717, 1.165) is 0 Å². The van der Waals surface area contributed by atoms with Gasteiger partial charge in [-0.1, -0.05) is 11.6 Å². The van der Waals surface area contributed by atoms with Gasteiger partial charge in [0.2, 0.25) is 0 Å². The lowest BCUT2D eigenvalue weighted by Gasteiger charge is -2.12. The Hall–Kier alpha value is -2.35. The SMILES string of the molecule is O=C(Nc1c(Cl)c(C(F)(F)F)c[nH]c1=O)c1ccncc1. The molecule has 0 aliphatic rings. The van der Waals surface area contributed by atoms with Crippen LogP contribution in [0.4, 0.5) is 18.9 Å². The van der Waals surface area contributed by atoms with E-state index < -0.39 is 33.9 Å². The molecule has 0 spiro atoms. The van der Waals surface area contributed by atoms with Crippen molar-refractivity contribution < 1.29 is 18.0 Å². The molecule has 110 valence electrons. The van der Waals surface area contributed by atoms with E-state index >= 15 is 0 Å². The minimum Gasteiger partial charge on any atom is -0.327 e. The molecule has 0 aliphatic heterocycles. The summed E-state index contributed by atoms with van der Waals surface area (Å²) in [5.41, 5.74) is -2.71. The highest BCUT2D eigenvalue weighted by molar-refractivity contribution is 6.34. The Balaban J connectivity index is 2.41. The maximum absolute atomic E-state index is 12.7. The molecule has 0 bridgehead atoms. The van der Waals surface area contributed by atoms with Crippen molar-refractivity contribution in [3.05, 3.63) is 57.2 Å². The van der Waals surface area contributed by atoms with Crippen LogP contribution >= 0.6 is 11.6 Å². The van der Waals surface area contributed by atoms with E-state index in [1.165, 1.54) is 24.5 Å². The Morgan fingerprint density at radius 3 is 2.48 bits per heavy atom. The van der Waals surface area contributed by atoms with E-state index in [2.05, 4.69) is 10.3 Å². The van der Waals surface area contributed by atoms with Gasteiger partial charge in [-0.3, -0.25) is 14.6 Å². The molecule has 2 heterocycles. The number of pyridine rings is 2. The summed E-state index contributed by atoms with van der Waals surface area (Å²) in [7, 11) is 0. The molecule has 0 radical (unpaired) electrons. The number of rotatable bonds is 2. The first-order chi connectivity index (χ1) is 9.80. The van der Waals surface area contributed by atoms with Gasteiger partial charge in [-0.15, -0.1) is 0 Å². The van der Waals surface area contributed by atoms with Crippen LogP contribution in [-0.4, -0.2) is 15.9 Å². The van der Waals surface area contributed by atoms with Crippen LogP contribution in [0.3, 0.4) is 0 Å². The molecule has 5 nitrogen and oxygen atoms in total. The van der Waals surface area contributed by atoms with Crippen LogP contribution in [0.25, 0.3) is 0 Å². The smallest absolute Gasteiger partial charge is 0.327 e. The molecule has 2 rings (SSSR count). The highest BCUT2D eigenvalue weighted by atomic mass is 35.5. The number of H-pyrrole nitrogens is 1. The Bertz CT molecular complexity index is 729. The highest BCUT2D eigenvalue weighted by Crippen LogP contribution is 2.36. The second kappa shape index (κ2) is 5.57. The largest absolute Gasteiger partial charge is 0.419 e. The number of aromatic amines is 1. The normalized spacial score (nSPS) is 11.2. The molecule has 2 aromatic rings. The molecule has 2 N–H and O–H groups in total. The number of nitrogens with zero attached hydrogens (tertiary/aromatic N) is 1. The van der Waals surface area contributed by atoms with Crippen molar-refractivity contribution in [2.45, 2.75) is 6.18 Å². The number of carbonyl (C=O) groups excluding carboxylic acids is 1. The van der Waals surface area contributed by atoms with Gasteiger partial charge < -0.3 is 10.3 Å². The van der Waals surface area contributed by atoms with Gasteiger partial charge in [0.05, 0.1) is 10.6 Å². The summed E-state index contributed by atoms with van der Waals surface area (Å²) in [5.74, 6) is -0.774. The van der Waals surface area contributed by atoms with Crippen molar-refractivity contribution >= 4 is 23.2 Å². The predicted molar refractivity (Wildman–Crippen MR) is 69.3 cm³/mol. The molecule has 0 saturated heterocycles. The lowest BCUT2D eigenvalue weighted by atomic mass is 10.2. The third kappa shape index (κ3) is 3.22. The molecule has 0 unspecified atom stereocenters. The van der Waals surface area contributed by atoms with Crippen LogP contribution in [0.2, 0.25) is 5.02 Å². The van der Waals surface area contributed by atoms with Crippen LogP contribution in [-0.2, 0) is 6.18 Å². The number of anilines is 1. The summed E-state index contributed by atoms with van der Waals surface area (Å²) < 4.78 is 38.1. The summed E-state index contributed by atoms with van der Waals surface area (Å²) in [5, 5.41) is 1.20. The van der Waals surface area contributed by atoms with Gasteiger partial charge >= 0.3 is 6.18 Å². The zero-order valence-corrected chi connectivity index (χ0v) is 10.9. The van der Waals surface area contributed by atoms with Gasteiger partial charge in [-0.25, -0.2) is 0 Å². The van der Waals surface area contributed by atoms with E-state index in [1.54, 1.807) is 0 Å². The summed E-state index contributed by atoms with van der Waals surface area (Å²) in [4.78, 5) is 29.0. The molecule has 0 aromatic carbocycles. The lowest BCUT2D eigenvalue weighted by Crippen LogP contribution is -2.22. The highest BCUT2D eigenvalue weighted by Gasteiger charge is 2.35. The molecule has 0 atom stereocenters. The number of hydrogen-bond acceptors (Lipinski definition) is 3. The van der Waals surface area contributed by atoms with Gasteiger partial charge in [0, 0.05) is 24.2 Å². The monoisotopic (exact) mass is 317 g/mol. The topological polar surface area (TPSA) is 74.8 Å². The minimum atomic E-state index is -4.75. The Morgan fingerprint density at radius 1 is 1.29 bits per heavy atom. The number of hydrogen-bond donors (Lipinski definition) is 2. The number of nitrogens with one attached hydrogen (secondary N) is 2. The Labute approximate surface area is 120 Å².